The van der Waals surface area contributed by atoms with Gasteiger partial charge in [-0.25, -0.2) is 0 Å². The summed E-state index contributed by atoms with van der Waals surface area (Å²) in [7, 11) is 0. The molecule has 0 aromatic heterocycles. The molecule has 0 spiro atoms. The second-order valence-electron chi connectivity index (χ2n) is 2.03. The van der Waals surface area contributed by atoms with Crippen molar-refractivity contribution in [1.82, 2.24) is 0 Å². The van der Waals surface area contributed by atoms with Crippen molar-refractivity contribution in [3.8, 4) is 0 Å². The highest BCUT2D eigenvalue weighted by Gasteiger charge is 2.17. The van der Waals surface area contributed by atoms with Crippen LogP contribution >= 0.6 is 0 Å². The quantitative estimate of drug-likeness (QED) is 0.520. The standard InChI is InChI=1S/C7H8O4/c8-5-3-1-2-4-6(5)11-7(9)10/h1-4,6-7,9-10H. The van der Waals surface area contributed by atoms with Gasteiger partial charge in [-0.15, -0.1) is 0 Å². The molecule has 1 rings (SSSR count). The minimum atomic E-state index is -1.90. The average Bonchev–Trinajstić information content (AvgIpc) is 1.93. The Bertz CT molecular complexity index is 204. The van der Waals surface area contributed by atoms with Gasteiger partial charge in [0.25, 0.3) is 6.48 Å². The van der Waals surface area contributed by atoms with Crippen LogP contribution in [0.5, 0.6) is 0 Å². The minimum Gasteiger partial charge on any atom is -0.346 e. The van der Waals surface area contributed by atoms with Gasteiger partial charge < -0.3 is 14.9 Å². The number of hydrogen-bond acceptors (Lipinski definition) is 4. The Kier molecular flexibility index (Phi) is 2.53. The summed E-state index contributed by atoms with van der Waals surface area (Å²) in [6.07, 6.45) is 5.06. The summed E-state index contributed by atoms with van der Waals surface area (Å²) < 4.78 is 4.43. The Morgan fingerprint density at radius 1 is 1.45 bits per heavy atom. The summed E-state index contributed by atoms with van der Waals surface area (Å²) >= 11 is 0. The summed E-state index contributed by atoms with van der Waals surface area (Å²) in [5.74, 6) is -0.291. The molecule has 0 bridgehead atoms. The fourth-order valence-corrected chi connectivity index (χ4v) is 0.749. The van der Waals surface area contributed by atoms with Crippen LogP contribution in [0.4, 0.5) is 0 Å². The lowest BCUT2D eigenvalue weighted by Gasteiger charge is -2.13. The number of hydrogen-bond donors (Lipinski definition) is 2. The van der Waals surface area contributed by atoms with E-state index in [2.05, 4.69) is 4.74 Å². The molecule has 0 aromatic rings. The molecule has 0 fully saturated rings. The molecule has 4 heteroatoms. The van der Waals surface area contributed by atoms with Gasteiger partial charge in [0.05, 0.1) is 0 Å². The highest BCUT2D eigenvalue weighted by Crippen LogP contribution is 2.04. The Hall–Kier alpha value is -0.970. The van der Waals surface area contributed by atoms with Crippen LogP contribution in [-0.2, 0) is 9.53 Å². The number of ether oxygens (including phenoxy) is 1. The Labute approximate surface area is 63.4 Å². The molecule has 0 saturated heterocycles. The summed E-state index contributed by atoms with van der Waals surface area (Å²) in [6, 6.07) is 0. The summed E-state index contributed by atoms with van der Waals surface area (Å²) in [6.45, 7) is -1.90. The smallest absolute Gasteiger partial charge is 0.267 e. The van der Waals surface area contributed by atoms with E-state index in [0.717, 1.165) is 0 Å². The third kappa shape index (κ3) is 2.27. The molecule has 2 N–H and O–H groups in total. The Morgan fingerprint density at radius 2 is 2.18 bits per heavy atom. The van der Waals surface area contributed by atoms with Crippen molar-refractivity contribution in [2.45, 2.75) is 12.6 Å². The number of aliphatic hydroxyl groups is 2. The number of rotatable bonds is 2. The van der Waals surface area contributed by atoms with Crippen molar-refractivity contribution in [2.24, 2.45) is 0 Å². The molecule has 60 valence electrons. The van der Waals surface area contributed by atoms with Gasteiger partial charge >= 0.3 is 0 Å². The van der Waals surface area contributed by atoms with Crippen molar-refractivity contribution in [3.05, 3.63) is 24.3 Å². The van der Waals surface area contributed by atoms with Crippen LogP contribution in [0.3, 0.4) is 0 Å². The molecule has 4 nitrogen and oxygen atoms in total. The molecule has 1 aliphatic rings. The van der Waals surface area contributed by atoms with Gasteiger partial charge in [0.2, 0.25) is 0 Å². The lowest BCUT2D eigenvalue weighted by molar-refractivity contribution is -0.244. The maximum Gasteiger partial charge on any atom is 0.267 e. The molecule has 0 aromatic carbocycles. The first-order valence-electron chi connectivity index (χ1n) is 3.10. The molecular weight excluding hydrogens is 148 g/mol. The summed E-state index contributed by atoms with van der Waals surface area (Å²) in [5, 5.41) is 16.7. The van der Waals surface area contributed by atoms with Gasteiger partial charge in [0.1, 0.15) is 6.10 Å². The molecule has 1 aliphatic carbocycles. The summed E-state index contributed by atoms with van der Waals surface area (Å²) in [4.78, 5) is 10.8. The highest BCUT2D eigenvalue weighted by molar-refractivity contribution is 5.96. The molecule has 0 radical (unpaired) electrons. The van der Waals surface area contributed by atoms with Crippen LogP contribution in [0.15, 0.2) is 24.3 Å². The average molecular weight is 156 g/mol. The lowest BCUT2D eigenvalue weighted by atomic mass is 10.1. The lowest BCUT2D eigenvalue weighted by Crippen LogP contribution is -2.27. The Balaban J connectivity index is 2.52. The van der Waals surface area contributed by atoms with Gasteiger partial charge in [-0.2, -0.15) is 0 Å². The fourth-order valence-electron chi connectivity index (χ4n) is 0.749. The zero-order chi connectivity index (χ0) is 8.27. The van der Waals surface area contributed by atoms with Crippen molar-refractivity contribution in [1.29, 1.82) is 0 Å². The van der Waals surface area contributed by atoms with E-state index >= 15 is 0 Å². The first-order chi connectivity index (χ1) is 5.20. The number of aliphatic hydroxyl groups excluding tert-OH is 1. The molecule has 0 heterocycles. The van der Waals surface area contributed by atoms with Crippen molar-refractivity contribution >= 4 is 5.78 Å². The SMILES string of the molecule is O=C1C=CC=CC1OC(O)O. The largest absolute Gasteiger partial charge is 0.346 e. The fraction of sp³-hybridized carbons (Fsp3) is 0.286. The first-order valence-corrected chi connectivity index (χ1v) is 3.10. The molecule has 0 aliphatic heterocycles. The van der Waals surface area contributed by atoms with Gasteiger partial charge in [-0.05, 0) is 12.2 Å². The van der Waals surface area contributed by atoms with E-state index < -0.39 is 12.6 Å². The predicted octanol–water partition coefficient (Wildman–Crippen LogP) is -0.665. The second kappa shape index (κ2) is 3.43. The van der Waals surface area contributed by atoms with Gasteiger partial charge in [0, 0.05) is 0 Å². The predicted molar refractivity (Wildman–Crippen MR) is 36.4 cm³/mol. The van der Waals surface area contributed by atoms with Gasteiger partial charge in [-0.3, -0.25) is 4.79 Å². The molecule has 1 atom stereocenters. The van der Waals surface area contributed by atoms with E-state index in [9.17, 15) is 4.79 Å². The van der Waals surface area contributed by atoms with E-state index in [1.54, 1.807) is 12.2 Å². The molecule has 0 amide bonds. The van der Waals surface area contributed by atoms with Crippen molar-refractivity contribution in [3.63, 3.8) is 0 Å². The number of carbonyl (C=O) groups is 1. The van der Waals surface area contributed by atoms with Crippen LogP contribution in [0.1, 0.15) is 0 Å². The van der Waals surface area contributed by atoms with Crippen LogP contribution < -0.4 is 0 Å². The molecule has 11 heavy (non-hydrogen) atoms. The number of allylic oxidation sites excluding steroid dienone is 2. The van der Waals surface area contributed by atoms with E-state index in [1.165, 1.54) is 12.2 Å². The van der Waals surface area contributed by atoms with Crippen LogP contribution in [-0.4, -0.2) is 28.6 Å². The zero-order valence-corrected chi connectivity index (χ0v) is 5.68. The van der Waals surface area contributed by atoms with E-state index in [0.29, 0.717) is 0 Å². The third-order valence-electron chi connectivity index (χ3n) is 1.21. The maximum absolute atomic E-state index is 10.8. The monoisotopic (exact) mass is 156 g/mol. The Morgan fingerprint density at radius 3 is 2.73 bits per heavy atom. The maximum atomic E-state index is 10.8. The second-order valence-corrected chi connectivity index (χ2v) is 2.03. The van der Waals surface area contributed by atoms with Crippen LogP contribution in [0.2, 0.25) is 0 Å². The topological polar surface area (TPSA) is 66.8 Å². The molecular formula is C7H8O4. The van der Waals surface area contributed by atoms with E-state index in [4.69, 9.17) is 10.2 Å². The number of ketones is 1. The summed E-state index contributed by atoms with van der Waals surface area (Å²) in [5.41, 5.74) is 0. The van der Waals surface area contributed by atoms with E-state index in [1.807, 2.05) is 0 Å². The molecule has 1 unspecified atom stereocenters. The minimum absolute atomic E-state index is 0.291. The zero-order valence-electron chi connectivity index (χ0n) is 5.68. The first kappa shape index (κ1) is 8.13. The highest BCUT2D eigenvalue weighted by atomic mass is 16.7. The van der Waals surface area contributed by atoms with Crippen LogP contribution in [0, 0.1) is 0 Å². The van der Waals surface area contributed by atoms with Crippen molar-refractivity contribution < 1.29 is 19.7 Å². The molecule has 0 saturated carbocycles. The normalized spacial score (nSPS) is 23.2. The van der Waals surface area contributed by atoms with E-state index in [-0.39, 0.29) is 5.78 Å². The van der Waals surface area contributed by atoms with Crippen LogP contribution in [0.25, 0.3) is 0 Å². The number of carbonyl (C=O) groups excluding carboxylic acids is 1. The van der Waals surface area contributed by atoms with Gasteiger partial charge in [-0.1, -0.05) is 12.2 Å². The van der Waals surface area contributed by atoms with Crippen molar-refractivity contribution in [2.75, 3.05) is 0 Å². The third-order valence-corrected chi connectivity index (χ3v) is 1.21. The van der Waals surface area contributed by atoms with Gasteiger partial charge in [0.15, 0.2) is 5.78 Å².